The van der Waals surface area contributed by atoms with Crippen LogP contribution in [-0.2, 0) is 25.6 Å². The molecule has 0 N–H and O–H groups in total. The number of carbonyl (C=O) groups is 1. The van der Waals surface area contributed by atoms with Crippen molar-refractivity contribution in [3.05, 3.63) is 70.3 Å². The van der Waals surface area contributed by atoms with E-state index in [1.54, 1.807) is 0 Å². The van der Waals surface area contributed by atoms with Crippen molar-refractivity contribution in [2.75, 3.05) is 6.61 Å². The van der Waals surface area contributed by atoms with Crippen LogP contribution in [0.3, 0.4) is 0 Å². The van der Waals surface area contributed by atoms with Crippen molar-refractivity contribution in [3.8, 4) is 0 Å². The van der Waals surface area contributed by atoms with Gasteiger partial charge in [0.05, 0.1) is 28.5 Å². The number of benzene rings is 2. The second-order valence-corrected chi connectivity index (χ2v) is 11.2. The lowest BCUT2D eigenvalue weighted by Gasteiger charge is -2.37. The fraction of sp³-hybridized carbons (Fsp3) is 0.350. The Balaban J connectivity index is 1.45. The Morgan fingerprint density at radius 2 is 1.69 bits per heavy atom. The first-order chi connectivity index (χ1) is 15.2. The number of hydrogen-bond acceptors (Lipinski definition) is 7. The number of fused-ring (bicyclic) bond motifs is 1. The minimum Gasteiger partial charge on any atom is -0.445 e. The fourth-order valence-corrected chi connectivity index (χ4v) is 8.28. The van der Waals surface area contributed by atoms with E-state index in [1.807, 2.05) is 30.3 Å². The molecule has 0 spiro atoms. The van der Waals surface area contributed by atoms with Gasteiger partial charge in [-0.05, 0) is 17.7 Å². The van der Waals surface area contributed by atoms with Crippen molar-refractivity contribution >= 4 is 53.8 Å². The number of halogens is 2. The Hall–Kier alpha value is -2.02. The molecule has 5 atom stereocenters. The van der Waals surface area contributed by atoms with E-state index in [4.69, 9.17) is 8.92 Å². The first-order valence-electron chi connectivity index (χ1n) is 9.62. The van der Waals surface area contributed by atoms with Gasteiger partial charge < -0.3 is 4.74 Å². The zero-order valence-electron chi connectivity index (χ0n) is 16.4. The second kappa shape index (κ2) is 9.08. The third-order valence-corrected chi connectivity index (χ3v) is 9.26. The highest BCUT2D eigenvalue weighted by molar-refractivity contribution is 9.10. The summed E-state index contributed by atoms with van der Waals surface area (Å²) in [6.07, 6.45) is -0.547. The lowest BCUT2D eigenvalue weighted by Crippen LogP contribution is -2.51. The molecule has 1 amide bonds. The number of ether oxygens (including phenoxy) is 1. The van der Waals surface area contributed by atoms with Crippen LogP contribution in [0.2, 0.25) is 0 Å². The van der Waals surface area contributed by atoms with Crippen LogP contribution in [0, 0.1) is 16.0 Å². The van der Waals surface area contributed by atoms with Gasteiger partial charge in [0.2, 0.25) is 0 Å². The molecule has 1 saturated carbocycles. The highest BCUT2D eigenvalue weighted by atomic mass is 79.9. The number of nitro benzene ring substituents is 1. The molecule has 2 heterocycles. The summed E-state index contributed by atoms with van der Waals surface area (Å²) in [5, 5.41) is 10.8. The number of rotatable bonds is 7. The molecule has 170 valence electrons. The van der Waals surface area contributed by atoms with Gasteiger partial charge >= 0.3 is 6.09 Å². The summed E-state index contributed by atoms with van der Waals surface area (Å²) in [5.41, 5.74) is 0.615. The Bertz CT molecular complexity index is 1100. The molecule has 3 fully saturated rings. The van der Waals surface area contributed by atoms with Gasteiger partial charge in [0.1, 0.15) is 6.61 Å². The molecule has 2 aliphatic heterocycles. The van der Waals surface area contributed by atoms with Crippen LogP contribution in [0.1, 0.15) is 5.56 Å². The Morgan fingerprint density at radius 3 is 2.28 bits per heavy atom. The van der Waals surface area contributed by atoms with E-state index in [0.717, 1.165) is 29.8 Å². The molecule has 2 unspecified atom stereocenters. The Morgan fingerprint density at radius 1 is 1.06 bits per heavy atom. The molecule has 3 aliphatic rings. The number of nitrogens with zero attached hydrogens (tertiary/aromatic N) is 2. The first-order valence-corrected chi connectivity index (χ1v) is 12.9. The highest BCUT2D eigenvalue weighted by Crippen LogP contribution is 2.54. The molecule has 12 heteroatoms. The van der Waals surface area contributed by atoms with Gasteiger partial charge in [0.15, 0.2) is 0 Å². The summed E-state index contributed by atoms with van der Waals surface area (Å²) in [5.74, 6) is -0.0589. The standard InChI is InChI=1S/C20H18Br2N2O7S/c21-17-16-15(11-31-32(28,29)14-8-6-13(7-9-14)24(26)27)23(19(17)18(16)22)20(25)30-10-12-4-2-1-3-5-12/h1-9,15-19H,10-11H2/t15-,16?,17-,18+,19?/m0/s1. The van der Waals surface area contributed by atoms with Gasteiger partial charge in [-0.25, -0.2) is 4.79 Å². The van der Waals surface area contributed by atoms with Crippen LogP contribution in [0.15, 0.2) is 59.5 Å². The van der Waals surface area contributed by atoms with Crippen LogP contribution in [-0.4, -0.2) is 52.7 Å². The summed E-state index contributed by atoms with van der Waals surface area (Å²) in [6.45, 7) is -0.159. The van der Waals surface area contributed by atoms with E-state index in [1.165, 1.54) is 4.90 Å². The molecular formula is C20H18Br2N2O7S. The number of amides is 1. The molecular weight excluding hydrogens is 572 g/mol. The number of non-ortho nitro benzene ring substituents is 1. The van der Waals surface area contributed by atoms with E-state index in [9.17, 15) is 23.3 Å². The van der Waals surface area contributed by atoms with E-state index in [-0.39, 0.29) is 45.4 Å². The van der Waals surface area contributed by atoms with Gasteiger partial charge in [-0.15, -0.1) is 0 Å². The van der Waals surface area contributed by atoms with Gasteiger partial charge in [-0.1, -0.05) is 62.2 Å². The smallest absolute Gasteiger partial charge is 0.410 e. The van der Waals surface area contributed by atoms with E-state index >= 15 is 0 Å². The first kappa shape index (κ1) is 23.1. The number of carbonyl (C=O) groups excluding carboxylic acids is 1. The normalized spacial score (nSPS) is 26.4. The maximum atomic E-state index is 12.8. The molecule has 5 rings (SSSR count). The third kappa shape index (κ3) is 4.28. The molecule has 0 aromatic heterocycles. The Labute approximate surface area is 201 Å². The van der Waals surface area contributed by atoms with Crippen LogP contribution < -0.4 is 0 Å². The maximum Gasteiger partial charge on any atom is 0.410 e. The van der Waals surface area contributed by atoms with Gasteiger partial charge in [0, 0.05) is 27.7 Å². The van der Waals surface area contributed by atoms with Crippen LogP contribution in [0.25, 0.3) is 0 Å². The largest absolute Gasteiger partial charge is 0.445 e. The molecule has 2 bridgehead atoms. The summed E-state index contributed by atoms with van der Waals surface area (Å²) in [6, 6.07) is 13.0. The van der Waals surface area contributed by atoms with Crippen molar-refractivity contribution < 1.29 is 27.1 Å². The van der Waals surface area contributed by atoms with Crippen molar-refractivity contribution in [1.29, 1.82) is 0 Å². The SMILES string of the molecule is O=C(OCc1ccccc1)N1C2[C@H](Br)C([C@@H]2Br)[C@@H]1COS(=O)(=O)c1ccc([N+](=O)[O-])cc1. The predicted molar refractivity (Wildman–Crippen MR) is 121 cm³/mol. The topological polar surface area (TPSA) is 116 Å². The summed E-state index contributed by atoms with van der Waals surface area (Å²) in [4.78, 5) is 24.3. The number of hydrogen-bond donors (Lipinski definition) is 0. The molecule has 0 radical (unpaired) electrons. The van der Waals surface area contributed by atoms with Crippen LogP contribution in [0.4, 0.5) is 10.5 Å². The van der Waals surface area contributed by atoms with Crippen molar-refractivity contribution in [3.63, 3.8) is 0 Å². The molecule has 1 aliphatic carbocycles. The average molecular weight is 590 g/mol. The quantitative estimate of drug-likeness (QED) is 0.208. The molecule has 32 heavy (non-hydrogen) atoms. The van der Waals surface area contributed by atoms with Crippen LogP contribution in [0.5, 0.6) is 0 Å². The molecule has 2 aromatic carbocycles. The zero-order valence-corrected chi connectivity index (χ0v) is 20.4. The fourth-order valence-electron chi connectivity index (χ4n) is 4.00. The highest BCUT2D eigenvalue weighted by Gasteiger charge is 2.65. The van der Waals surface area contributed by atoms with E-state index < -0.39 is 27.2 Å². The average Bonchev–Trinajstić information content (AvgIpc) is 3.27. The lowest BCUT2D eigenvalue weighted by molar-refractivity contribution is -0.384. The minimum atomic E-state index is -4.17. The lowest BCUT2D eigenvalue weighted by atomic mass is 9.82. The summed E-state index contributed by atoms with van der Waals surface area (Å²) in [7, 11) is -4.17. The minimum absolute atomic E-state index is 0.0215. The van der Waals surface area contributed by atoms with E-state index in [2.05, 4.69) is 31.9 Å². The van der Waals surface area contributed by atoms with Gasteiger partial charge in [-0.2, -0.15) is 8.42 Å². The summed E-state index contributed by atoms with van der Waals surface area (Å²) >= 11 is 7.16. The van der Waals surface area contributed by atoms with Crippen LogP contribution >= 0.6 is 31.9 Å². The van der Waals surface area contributed by atoms with Gasteiger partial charge in [0.25, 0.3) is 15.8 Å². The monoisotopic (exact) mass is 588 g/mol. The third-order valence-electron chi connectivity index (χ3n) is 5.66. The molecule has 2 saturated heterocycles. The van der Waals surface area contributed by atoms with Crippen molar-refractivity contribution in [1.82, 2.24) is 4.90 Å². The molecule has 9 nitrogen and oxygen atoms in total. The predicted octanol–water partition coefficient (Wildman–Crippen LogP) is 3.85. The number of alkyl halides is 2. The maximum absolute atomic E-state index is 12.8. The van der Waals surface area contributed by atoms with Crippen molar-refractivity contribution in [2.45, 2.75) is 33.2 Å². The van der Waals surface area contributed by atoms with Crippen molar-refractivity contribution in [2.24, 2.45) is 5.92 Å². The molecule has 2 aromatic rings. The zero-order chi connectivity index (χ0) is 23.0. The van der Waals surface area contributed by atoms with Gasteiger partial charge in [-0.3, -0.25) is 19.2 Å². The summed E-state index contributed by atoms with van der Waals surface area (Å²) < 4.78 is 35.9. The Kier molecular flexibility index (Phi) is 6.57. The number of nitro groups is 1. The van der Waals surface area contributed by atoms with E-state index in [0.29, 0.717) is 0 Å². The second-order valence-electron chi connectivity index (χ2n) is 7.46.